The van der Waals surface area contributed by atoms with Crippen molar-refractivity contribution in [3.05, 3.63) is 115 Å². The second-order valence-corrected chi connectivity index (χ2v) is 9.93. The number of nitrogens with zero attached hydrogens (tertiary/aromatic N) is 2. The average Bonchev–Trinajstić information content (AvgIpc) is 3.32. The molecule has 184 valence electrons. The zero-order valence-corrected chi connectivity index (χ0v) is 21.3. The Morgan fingerprint density at radius 2 is 1.76 bits per heavy atom. The monoisotopic (exact) mass is 549 g/mol. The lowest BCUT2D eigenvalue weighted by Crippen LogP contribution is -2.16. The third-order valence-electron chi connectivity index (χ3n) is 5.59. The molecule has 0 aliphatic carbocycles. The largest absolute Gasteiger partial charge is 0.486 e. The first-order valence-corrected chi connectivity index (χ1v) is 12.6. The van der Waals surface area contributed by atoms with Crippen LogP contribution in [0.3, 0.4) is 0 Å². The number of benzene rings is 4. The maximum atomic E-state index is 12.5. The zero-order chi connectivity index (χ0) is 25.9. The van der Waals surface area contributed by atoms with Crippen LogP contribution in [0.1, 0.15) is 20.8 Å². The summed E-state index contributed by atoms with van der Waals surface area (Å²) in [7, 11) is 0. The molecule has 1 N–H and O–H groups in total. The van der Waals surface area contributed by atoms with Crippen molar-refractivity contribution in [1.29, 1.82) is 0 Å². The van der Waals surface area contributed by atoms with E-state index in [4.69, 9.17) is 27.9 Å². The Hall–Kier alpha value is -3.98. The number of ether oxygens (including phenoxy) is 1. The van der Waals surface area contributed by atoms with E-state index in [1.807, 2.05) is 42.5 Å². The molecule has 5 aromatic rings. The van der Waals surface area contributed by atoms with Crippen LogP contribution in [0.2, 0.25) is 10.0 Å². The molecular formula is C27H17Cl2N3O4S. The van der Waals surface area contributed by atoms with E-state index in [9.17, 15) is 14.9 Å². The number of nitro benzene ring substituents is 1. The van der Waals surface area contributed by atoms with E-state index in [1.165, 1.54) is 29.7 Å². The molecule has 7 nitrogen and oxygen atoms in total. The summed E-state index contributed by atoms with van der Waals surface area (Å²) >= 11 is 14.1. The number of fused-ring (bicyclic) bond motifs is 2. The molecule has 1 aromatic heterocycles. The smallest absolute Gasteiger partial charge is 0.281 e. The van der Waals surface area contributed by atoms with Crippen molar-refractivity contribution in [2.24, 2.45) is 5.10 Å². The lowest BCUT2D eigenvalue weighted by Gasteiger charge is -2.12. The normalized spacial score (nSPS) is 11.3. The van der Waals surface area contributed by atoms with Gasteiger partial charge in [0.2, 0.25) is 0 Å². The number of amides is 1. The van der Waals surface area contributed by atoms with Gasteiger partial charge in [-0.25, -0.2) is 5.43 Å². The fourth-order valence-corrected chi connectivity index (χ4v) is 5.38. The number of carbonyl (C=O) groups excluding carboxylic acids is 1. The fourth-order valence-electron chi connectivity index (χ4n) is 3.84. The van der Waals surface area contributed by atoms with Gasteiger partial charge in [0, 0.05) is 22.2 Å². The molecule has 4 aromatic carbocycles. The quantitative estimate of drug-likeness (QED) is 0.128. The predicted molar refractivity (Wildman–Crippen MR) is 148 cm³/mol. The summed E-state index contributed by atoms with van der Waals surface area (Å²) in [5.74, 6) is -0.0795. The molecule has 1 heterocycles. The molecule has 0 saturated carbocycles. The van der Waals surface area contributed by atoms with Gasteiger partial charge in [0.05, 0.1) is 26.1 Å². The van der Waals surface area contributed by atoms with Crippen LogP contribution in [0.15, 0.2) is 84.0 Å². The highest BCUT2D eigenvalue weighted by Crippen LogP contribution is 2.35. The van der Waals surface area contributed by atoms with Crippen molar-refractivity contribution in [3.8, 4) is 5.75 Å². The van der Waals surface area contributed by atoms with Gasteiger partial charge in [0.15, 0.2) is 5.75 Å². The SMILES string of the molecule is O=C(N/N=C\c1cc(Cl)c(OCc2cccc3ccccc23)c(Cl)c1)c1cc2cc([N+](=O)[O-])ccc2s1. The number of non-ortho nitro benzene ring substituents is 1. The summed E-state index contributed by atoms with van der Waals surface area (Å²) in [6, 6.07) is 23.4. The fraction of sp³-hybridized carbons (Fsp3) is 0.0370. The number of hydrogen-bond acceptors (Lipinski definition) is 6. The minimum absolute atomic E-state index is 0.0337. The second kappa shape index (κ2) is 10.6. The summed E-state index contributed by atoms with van der Waals surface area (Å²) < 4.78 is 6.71. The summed E-state index contributed by atoms with van der Waals surface area (Å²) in [6.45, 7) is 0.294. The Kier molecular flexibility index (Phi) is 7.05. The second-order valence-electron chi connectivity index (χ2n) is 8.03. The molecule has 0 aliphatic heterocycles. The number of hydrazone groups is 1. The molecule has 0 fully saturated rings. The van der Waals surface area contributed by atoms with Crippen molar-refractivity contribution in [2.45, 2.75) is 6.61 Å². The molecule has 0 bridgehead atoms. The third kappa shape index (κ3) is 5.41. The number of rotatable bonds is 7. The average molecular weight is 550 g/mol. The molecule has 5 rings (SSSR count). The standard InChI is InChI=1S/C27H17Cl2N3O4S/c28-22-10-16(11-23(29)26(22)36-15-18-6-3-5-17-4-1-2-7-21(17)18)14-30-31-27(33)25-13-19-12-20(32(34)35)8-9-24(19)37-25/h1-14H,15H2,(H,31,33)/b30-14-. The highest BCUT2D eigenvalue weighted by molar-refractivity contribution is 7.20. The number of carbonyl (C=O) groups is 1. The molecular weight excluding hydrogens is 533 g/mol. The van der Waals surface area contributed by atoms with Crippen molar-refractivity contribution >= 4 is 73.2 Å². The number of thiophene rings is 1. The number of nitro groups is 1. The molecule has 0 atom stereocenters. The summed E-state index contributed by atoms with van der Waals surface area (Å²) in [6.07, 6.45) is 1.42. The van der Waals surface area contributed by atoms with Gasteiger partial charge in [-0.2, -0.15) is 5.10 Å². The van der Waals surface area contributed by atoms with E-state index in [2.05, 4.69) is 10.5 Å². The lowest BCUT2D eigenvalue weighted by atomic mass is 10.1. The highest BCUT2D eigenvalue weighted by Gasteiger charge is 2.14. The summed E-state index contributed by atoms with van der Waals surface area (Å²) in [5.41, 5.74) is 4.00. The molecule has 0 radical (unpaired) electrons. The van der Waals surface area contributed by atoms with Crippen molar-refractivity contribution in [1.82, 2.24) is 5.43 Å². The van der Waals surface area contributed by atoms with E-state index in [-0.39, 0.29) is 5.69 Å². The Morgan fingerprint density at radius 1 is 1.00 bits per heavy atom. The lowest BCUT2D eigenvalue weighted by molar-refractivity contribution is -0.384. The van der Waals surface area contributed by atoms with E-state index >= 15 is 0 Å². The molecule has 0 spiro atoms. The first-order valence-electron chi connectivity index (χ1n) is 11.0. The van der Waals surface area contributed by atoms with Gasteiger partial charge in [-0.05, 0) is 46.2 Å². The van der Waals surface area contributed by atoms with Gasteiger partial charge in [-0.3, -0.25) is 14.9 Å². The summed E-state index contributed by atoms with van der Waals surface area (Å²) in [4.78, 5) is 23.4. The zero-order valence-electron chi connectivity index (χ0n) is 19.0. The van der Waals surface area contributed by atoms with Crippen LogP contribution >= 0.6 is 34.5 Å². The minimum Gasteiger partial charge on any atom is -0.486 e. The van der Waals surface area contributed by atoms with Crippen LogP contribution < -0.4 is 10.2 Å². The van der Waals surface area contributed by atoms with Gasteiger partial charge in [0.25, 0.3) is 11.6 Å². The van der Waals surface area contributed by atoms with Gasteiger partial charge < -0.3 is 4.74 Å². The number of halogens is 2. The highest BCUT2D eigenvalue weighted by atomic mass is 35.5. The maximum absolute atomic E-state index is 12.5. The number of hydrogen-bond donors (Lipinski definition) is 1. The van der Waals surface area contributed by atoms with Crippen LogP contribution in [0.5, 0.6) is 5.75 Å². The first kappa shape index (κ1) is 24.7. The molecule has 10 heteroatoms. The Labute approximate surface area is 225 Å². The van der Waals surface area contributed by atoms with Gasteiger partial charge in [-0.15, -0.1) is 11.3 Å². The van der Waals surface area contributed by atoms with Crippen LogP contribution in [-0.2, 0) is 6.61 Å². The molecule has 0 aliphatic rings. The van der Waals surface area contributed by atoms with E-state index in [0.717, 1.165) is 21.0 Å². The minimum atomic E-state index is -0.475. The van der Waals surface area contributed by atoms with Gasteiger partial charge >= 0.3 is 0 Å². The van der Waals surface area contributed by atoms with Crippen molar-refractivity contribution in [2.75, 3.05) is 0 Å². The van der Waals surface area contributed by atoms with Crippen LogP contribution in [-0.4, -0.2) is 17.0 Å². The van der Waals surface area contributed by atoms with Gasteiger partial charge in [0.1, 0.15) is 6.61 Å². The Bertz CT molecular complexity index is 1670. The van der Waals surface area contributed by atoms with Crippen LogP contribution in [0.25, 0.3) is 20.9 Å². The number of nitrogens with one attached hydrogen (secondary N) is 1. The van der Waals surface area contributed by atoms with E-state index < -0.39 is 10.8 Å². The molecule has 1 amide bonds. The maximum Gasteiger partial charge on any atom is 0.281 e. The molecule has 0 unspecified atom stereocenters. The van der Waals surface area contributed by atoms with Gasteiger partial charge in [-0.1, -0.05) is 65.7 Å². The molecule has 0 saturated heterocycles. The van der Waals surface area contributed by atoms with Crippen LogP contribution in [0.4, 0.5) is 5.69 Å². The van der Waals surface area contributed by atoms with Crippen LogP contribution in [0, 0.1) is 10.1 Å². The topological polar surface area (TPSA) is 93.8 Å². The first-order chi connectivity index (χ1) is 17.9. The predicted octanol–water partition coefficient (Wildman–Crippen LogP) is 7.61. The van der Waals surface area contributed by atoms with E-state index in [1.54, 1.807) is 24.3 Å². The Morgan fingerprint density at radius 3 is 2.54 bits per heavy atom. The molecule has 37 heavy (non-hydrogen) atoms. The van der Waals surface area contributed by atoms with Crippen molar-refractivity contribution in [3.63, 3.8) is 0 Å². The third-order valence-corrected chi connectivity index (χ3v) is 7.26. The van der Waals surface area contributed by atoms with Crippen molar-refractivity contribution < 1.29 is 14.5 Å². The Balaban J connectivity index is 1.26. The summed E-state index contributed by atoms with van der Waals surface area (Å²) in [5, 5.41) is 18.4. The van der Waals surface area contributed by atoms with E-state index in [0.29, 0.717) is 38.2 Å².